The monoisotopic (exact) mass is 303 g/mol. The molecule has 1 saturated heterocycles. The van der Waals surface area contributed by atoms with Crippen molar-refractivity contribution in [2.75, 3.05) is 13.1 Å². The molecule has 0 aliphatic carbocycles. The molecule has 1 fully saturated rings. The summed E-state index contributed by atoms with van der Waals surface area (Å²) in [5.74, 6) is 0.806. The molecule has 122 valence electrons. The summed E-state index contributed by atoms with van der Waals surface area (Å²) in [7, 11) is 0. The van der Waals surface area contributed by atoms with Gasteiger partial charge in [-0.2, -0.15) is 0 Å². The molecule has 0 aromatic heterocycles. The number of carbonyl (C=O) groups excluding carboxylic acids is 1. The fourth-order valence-corrected chi connectivity index (χ4v) is 2.93. The summed E-state index contributed by atoms with van der Waals surface area (Å²) in [6, 6.07) is 8.65. The van der Waals surface area contributed by atoms with Gasteiger partial charge in [0.2, 0.25) is 5.91 Å². The van der Waals surface area contributed by atoms with Crippen molar-refractivity contribution < 1.29 is 9.53 Å². The summed E-state index contributed by atoms with van der Waals surface area (Å²) in [5.41, 5.74) is 2.59. The van der Waals surface area contributed by atoms with Crippen molar-refractivity contribution in [1.29, 1.82) is 0 Å². The Balaban J connectivity index is 1.78. The van der Waals surface area contributed by atoms with Gasteiger partial charge in [0.1, 0.15) is 0 Å². The van der Waals surface area contributed by atoms with Crippen LogP contribution in [0.1, 0.15) is 57.6 Å². The molecule has 1 aliphatic heterocycles. The van der Waals surface area contributed by atoms with E-state index in [0.29, 0.717) is 12.3 Å². The maximum atomic E-state index is 12.3. The first kappa shape index (κ1) is 17.0. The predicted octanol–water partition coefficient (Wildman–Crippen LogP) is 3.77. The Morgan fingerprint density at radius 3 is 2.50 bits per heavy atom. The summed E-state index contributed by atoms with van der Waals surface area (Å²) in [6.07, 6.45) is 2.83. The van der Waals surface area contributed by atoms with E-state index >= 15 is 0 Å². The van der Waals surface area contributed by atoms with Crippen LogP contribution >= 0.6 is 0 Å². The van der Waals surface area contributed by atoms with Crippen LogP contribution in [0.2, 0.25) is 0 Å². The van der Waals surface area contributed by atoms with Crippen LogP contribution in [0.3, 0.4) is 0 Å². The van der Waals surface area contributed by atoms with Crippen molar-refractivity contribution >= 4 is 5.91 Å². The Morgan fingerprint density at radius 2 is 1.91 bits per heavy atom. The highest BCUT2D eigenvalue weighted by atomic mass is 16.5. The van der Waals surface area contributed by atoms with Gasteiger partial charge in [0.05, 0.1) is 12.2 Å². The summed E-state index contributed by atoms with van der Waals surface area (Å²) in [5, 5.41) is 0. The molecule has 0 spiro atoms. The fraction of sp³-hybridized carbons (Fsp3) is 0.632. The summed E-state index contributed by atoms with van der Waals surface area (Å²) < 4.78 is 5.80. The van der Waals surface area contributed by atoms with Crippen molar-refractivity contribution in [1.82, 2.24) is 4.90 Å². The van der Waals surface area contributed by atoms with Crippen LogP contribution in [0.5, 0.6) is 0 Å². The summed E-state index contributed by atoms with van der Waals surface area (Å²) in [6.45, 7) is 10.1. The maximum absolute atomic E-state index is 12.3. The minimum absolute atomic E-state index is 0.217. The number of rotatable bonds is 6. The summed E-state index contributed by atoms with van der Waals surface area (Å²) >= 11 is 0. The van der Waals surface area contributed by atoms with E-state index < -0.39 is 0 Å². The van der Waals surface area contributed by atoms with Gasteiger partial charge in [-0.3, -0.25) is 4.79 Å². The van der Waals surface area contributed by atoms with Gasteiger partial charge in [-0.25, -0.2) is 0 Å². The molecule has 2 rings (SSSR count). The third-order valence-corrected chi connectivity index (χ3v) is 4.24. The van der Waals surface area contributed by atoms with Crippen molar-refractivity contribution in [3.8, 4) is 0 Å². The van der Waals surface area contributed by atoms with Crippen LogP contribution in [0.15, 0.2) is 24.3 Å². The van der Waals surface area contributed by atoms with Crippen LogP contribution < -0.4 is 0 Å². The number of carbonyl (C=O) groups is 1. The Morgan fingerprint density at radius 1 is 1.23 bits per heavy atom. The van der Waals surface area contributed by atoms with Gasteiger partial charge in [0, 0.05) is 19.5 Å². The summed E-state index contributed by atoms with van der Waals surface area (Å²) in [4.78, 5) is 14.2. The maximum Gasteiger partial charge on any atom is 0.222 e. The van der Waals surface area contributed by atoms with E-state index in [1.165, 1.54) is 11.1 Å². The van der Waals surface area contributed by atoms with Crippen LogP contribution in [-0.4, -0.2) is 36.1 Å². The number of hydrogen-bond acceptors (Lipinski definition) is 2. The highest BCUT2D eigenvalue weighted by molar-refractivity contribution is 5.76. The van der Waals surface area contributed by atoms with Crippen molar-refractivity contribution in [2.45, 2.75) is 65.1 Å². The Kier molecular flexibility index (Phi) is 6.01. The second kappa shape index (κ2) is 7.77. The molecule has 22 heavy (non-hydrogen) atoms. The Labute approximate surface area is 134 Å². The van der Waals surface area contributed by atoms with E-state index in [1.807, 2.05) is 18.7 Å². The molecule has 0 N–H and O–H groups in total. The fourth-order valence-electron chi connectivity index (χ4n) is 2.93. The van der Waals surface area contributed by atoms with Crippen LogP contribution in [0.4, 0.5) is 0 Å². The first-order valence-electron chi connectivity index (χ1n) is 8.47. The predicted molar refractivity (Wildman–Crippen MR) is 90.1 cm³/mol. The highest BCUT2D eigenvalue weighted by Crippen LogP contribution is 2.18. The molecular formula is C19H29NO2. The topological polar surface area (TPSA) is 29.5 Å². The number of benzene rings is 1. The van der Waals surface area contributed by atoms with Gasteiger partial charge in [0.15, 0.2) is 0 Å². The Bertz CT molecular complexity index is 479. The van der Waals surface area contributed by atoms with Gasteiger partial charge >= 0.3 is 0 Å². The number of ether oxygens (including phenoxy) is 1. The molecule has 1 aromatic carbocycles. The molecule has 1 amide bonds. The zero-order valence-corrected chi connectivity index (χ0v) is 14.3. The van der Waals surface area contributed by atoms with Gasteiger partial charge in [0.25, 0.3) is 0 Å². The van der Waals surface area contributed by atoms with E-state index in [2.05, 4.69) is 38.1 Å². The highest BCUT2D eigenvalue weighted by Gasteiger charge is 2.26. The normalized spacial score (nSPS) is 18.5. The quantitative estimate of drug-likeness (QED) is 0.800. The molecule has 1 aliphatic rings. The standard InChI is InChI=1S/C19H29NO2/c1-14(2)17-8-5-16(6-9-17)7-10-19(21)20-12-11-18(13-20)22-15(3)4/h5-6,8-9,14-15,18H,7,10-13H2,1-4H3/t18-/m1/s1. The van der Waals surface area contributed by atoms with Gasteiger partial charge in [-0.15, -0.1) is 0 Å². The molecule has 3 heteroatoms. The molecule has 0 unspecified atom stereocenters. The third kappa shape index (κ3) is 4.84. The van der Waals surface area contributed by atoms with Crippen molar-refractivity contribution in [3.05, 3.63) is 35.4 Å². The van der Waals surface area contributed by atoms with Crippen molar-refractivity contribution in [3.63, 3.8) is 0 Å². The third-order valence-electron chi connectivity index (χ3n) is 4.24. The van der Waals surface area contributed by atoms with Crippen LogP contribution in [-0.2, 0) is 16.0 Å². The largest absolute Gasteiger partial charge is 0.374 e. The molecule has 1 aromatic rings. The van der Waals surface area contributed by atoms with Crippen molar-refractivity contribution in [2.24, 2.45) is 0 Å². The molecule has 1 atom stereocenters. The van der Waals surface area contributed by atoms with E-state index in [-0.39, 0.29) is 18.1 Å². The first-order valence-corrected chi connectivity index (χ1v) is 8.47. The van der Waals surface area contributed by atoms with Crippen LogP contribution in [0, 0.1) is 0 Å². The lowest BCUT2D eigenvalue weighted by atomic mass is 10.0. The number of likely N-dealkylation sites (tertiary alicyclic amines) is 1. The Hall–Kier alpha value is -1.35. The number of nitrogens with zero attached hydrogens (tertiary/aromatic N) is 1. The smallest absolute Gasteiger partial charge is 0.222 e. The average Bonchev–Trinajstić information content (AvgIpc) is 2.93. The molecule has 0 radical (unpaired) electrons. The lowest BCUT2D eigenvalue weighted by Gasteiger charge is -2.18. The minimum atomic E-state index is 0.217. The first-order chi connectivity index (χ1) is 10.5. The molecule has 0 bridgehead atoms. The van der Waals surface area contributed by atoms with Crippen LogP contribution in [0.25, 0.3) is 0 Å². The molecule has 1 heterocycles. The zero-order valence-electron chi connectivity index (χ0n) is 14.3. The van der Waals surface area contributed by atoms with E-state index in [9.17, 15) is 4.79 Å². The van der Waals surface area contributed by atoms with Gasteiger partial charge < -0.3 is 9.64 Å². The number of amides is 1. The second-order valence-corrected chi connectivity index (χ2v) is 6.83. The molecular weight excluding hydrogens is 274 g/mol. The van der Waals surface area contributed by atoms with Gasteiger partial charge in [-0.05, 0) is 43.7 Å². The number of hydrogen-bond donors (Lipinski definition) is 0. The second-order valence-electron chi connectivity index (χ2n) is 6.83. The minimum Gasteiger partial charge on any atom is -0.374 e. The zero-order chi connectivity index (χ0) is 16.1. The molecule has 0 saturated carbocycles. The molecule has 3 nitrogen and oxygen atoms in total. The lowest BCUT2D eigenvalue weighted by Crippen LogP contribution is -2.30. The van der Waals surface area contributed by atoms with E-state index in [4.69, 9.17) is 4.74 Å². The van der Waals surface area contributed by atoms with E-state index in [0.717, 1.165) is 25.9 Å². The SMILES string of the molecule is CC(C)O[C@@H]1CCN(C(=O)CCc2ccc(C(C)C)cc2)C1. The van der Waals surface area contributed by atoms with E-state index in [1.54, 1.807) is 0 Å². The number of aryl methyl sites for hydroxylation is 1. The average molecular weight is 303 g/mol. The van der Waals surface area contributed by atoms with Gasteiger partial charge in [-0.1, -0.05) is 38.1 Å². The lowest BCUT2D eigenvalue weighted by molar-refractivity contribution is -0.130.